The lowest BCUT2D eigenvalue weighted by atomic mass is 10.0. The second-order valence-corrected chi connectivity index (χ2v) is 5.37. The molecule has 0 saturated carbocycles. The summed E-state index contributed by atoms with van der Waals surface area (Å²) in [6.07, 6.45) is 4.79. The topological polar surface area (TPSA) is 69.6 Å². The van der Waals surface area contributed by atoms with E-state index < -0.39 is 0 Å². The van der Waals surface area contributed by atoms with E-state index in [1.54, 1.807) is 11.3 Å². The first-order valence-corrected chi connectivity index (χ1v) is 6.71. The van der Waals surface area contributed by atoms with Crippen LogP contribution in [0.2, 0.25) is 0 Å². The van der Waals surface area contributed by atoms with Gasteiger partial charge in [0.1, 0.15) is 0 Å². The van der Waals surface area contributed by atoms with Gasteiger partial charge in [-0.15, -0.1) is 5.10 Å². The molecule has 6 heteroatoms. The van der Waals surface area contributed by atoms with Crippen molar-refractivity contribution in [2.24, 2.45) is 5.73 Å². The Kier molecular flexibility index (Phi) is 2.68. The van der Waals surface area contributed by atoms with E-state index >= 15 is 0 Å². The van der Waals surface area contributed by atoms with Crippen molar-refractivity contribution in [3.8, 4) is 5.13 Å². The van der Waals surface area contributed by atoms with Crippen LogP contribution in [-0.4, -0.2) is 20.0 Å². The monoisotopic (exact) mass is 249 g/mol. The molecule has 2 N–H and O–H groups in total. The summed E-state index contributed by atoms with van der Waals surface area (Å²) >= 11 is 1.73. The van der Waals surface area contributed by atoms with Crippen molar-refractivity contribution in [2.75, 3.05) is 0 Å². The van der Waals surface area contributed by atoms with Crippen molar-refractivity contribution >= 4 is 11.3 Å². The number of nitrogens with zero attached hydrogens (tertiary/aromatic N) is 4. The van der Waals surface area contributed by atoms with Crippen LogP contribution in [0, 0.1) is 6.92 Å². The van der Waals surface area contributed by atoms with Crippen LogP contribution in [0.5, 0.6) is 0 Å². The third-order valence-corrected chi connectivity index (χ3v) is 4.33. The number of aromatic nitrogens is 4. The highest BCUT2D eigenvalue weighted by Crippen LogP contribution is 2.28. The molecule has 0 atom stereocenters. The molecule has 1 aliphatic carbocycles. The first-order valence-electron chi connectivity index (χ1n) is 5.90. The van der Waals surface area contributed by atoms with Gasteiger partial charge in [-0.2, -0.15) is 4.68 Å². The van der Waals surface area contributed by atoms with Crippen molar-refractivity contribution in [1.29, 1.82) is 0 Å². The smallest absolute Gasteiger partial charge is 0.212 e. The lowest BCUT2D eigenvalue weighted by molar-refractivity contribution is 0.678. The van der Waals surface area contributed by atoms with Crippen LogP contribution < -0.4 is 5.73 Å². The van der Waals surface area contributed by atoms with E-state index in [0.29, 0.717) is 6.54 Å². The average molecular weight is 249 g/mol. The van der Waals surface area contributed by atoms with Crippen molar-refractivity contribution in [3.63, 3.8) is 0 Å². The predicted molar refractivity (Wildman–Crippen MR) is 66.3 cm³/mol. The highest BCUT2D eigenvalue weighted by Gasteiger charge is 2.18. The van der Waals surface area contributed by atoms with Crippen LogP contribution in [0.4, 0.5) is 0 Å². The Bertz CT molecular complexity index is 519. The molecule has 90 valence electrons. The molecule has 0 fully saturated rings. The number of hydrogen-bond acceptors (Lipinski definition) is 5. The summed E-state index contributed by atoms with van der Waals surface area (Å²) in [5.74, 6) is 0. The third kappa shape index (κ3) is 1.77. The van der Waals surface area contributed by atoms with Gasteiger partial charge in [-0.3, -0.25) is 0 Å². The van der Waals surface area contributed by atoms with Crippen molar-refractivity contribution < 1.29 is 0 Å². The molecule has 0 aliphatic heterocycles. The number of aryl methyl sites for hydroxylation is 2. The van der Waals surface area contributed by atoms with Crippen LogP contribution in [0.15, 0.2) is 0 Å². The Balaban J connectivity index is 2.03. The van der Waals surface area contributed by atoms with Crippen molar-refractivity contribution in [2.45, 2.75) is 39.2 Å². The van der Waals surface area contributed by atoms with Crippen LogP contribution in [0.25, 0.3) is 5.13 Å². The fraction of sp³-hybridized carbons (Fsp3) is 0.545. The molecule has 0 unspecified atom stereocenters. The lowest BCUT2D eigenvalue weighted by Gasteiger charge is -2.06. The third-order valence-electron chi connectivity index (χ3n) is 3.20. The van der Waals surface area contributed by atoms with E-state index in [4.69, 9.17) is 5.73 Å². The number of hydrogen-bond donors (Lipinski definition) is 1. The summed E-state index contributed by atoms with van der Waals surface area (Å²) in [7, 11) is 0. The average Bonchev–Trinajstić information content (AvgIpc) is 2.91. The molecule has 2 aromatic heterocycles. The molecule has 17 heavy (non-hydrogen) atoms. The van der Waals surface area contributed by atoms with Crippen LogP contribution in [-0.2, 0) is 19.4 Å². The van der Waals surface area contributed by atoms with Gasteiger partial charge in [0.05, 0.1) is 17.1 Å². The summed E-state index contributed by atoms with van der Waals surface area (Å²) in [4.78, 5) is 6.08. The number of thiazole rings is 1. The Morgan fingerprint density at radius 1 is 1.35 bits per heavy atom. The van der Waals surface area contributed by atoms with E-state index in [9.17, 15) is 0 Å². The van der Waals surface area contributed by atoms with Gasteiger partial charge in [-0.25, -0.2) is 4.98 Å². The molecule has 1 aliphatic rings. The van der Waals surface area contributed by atoms with Crippen molar-refractivity contribution in [1.82, 2.24) is 20.0 Å². The fourth-order valence-corrected chi connectivity index (χ4v) is 3.31. The second-order valence-electron chi connectivity index (χ2n) is 4.31. The van der Waals surface area contributed by atoms with Crippen LogP contribution in [0.1, 0.15) is 34.8 Å². The molecule has 2 aromatic rings. The molecule has 0 aromatic carbocycles. The standard InChI is InChI=1S/C11H15N5S/c1-7-9(6-12)14-15-16(7)11-13-8-4-2-3-5-10(8)17-11/h2-6,12H2,1H3. The van der Waals surface area contributed by atoms with Crippen LogP contribution in [0.3, 0.4) is 0 Å². The summed E-state index contributed by atoms with van der Waals surface area (Å²) in [6.45, 7) is 2.42. The van der Waals surface area contributed by atoms with E-state index in [-0.39, 0.29) is 0 Å². The maximum Gasteiger partial charge on any atom is 0.212 e. The lowest BCUT2D eigenvalue weighted by Crippen LogP contribution is -2.02. The molecule has 0 radical (unpaired) electrons. The fourth-order valence-electron chi connectivity index (χ4n) is 2.16. The Morgan fingerprint density at radius 3 is 2.88 bits per heavy atom. The Morgan fingerprint density at radius 2 is 2.18 bits per heavy atom. The normalized spacial score (nSPS) is 14.9. The molecular weight excluding hydrogens is 234 g/mol. The second kappa shape index (κ2) is 4.19. The van der Waals surface area contributed by atoms with Gasteiger partial charge < -0.3 is 5.73 Å². The van der Waals surface area contributed by atoms with Gasteiger partial charge in [0.25, 0.3) is 0 Å². The van der Waals surface area contributed by atoms with Gasteiger partial charge in [0.15, 0.2) is 0 Å². The highest BCUT2D eigenvalue weighted by molar-refractivity contribution is 7.14. The van der Waals surface area contributed by atoms with Gasteiger partial charge in [-0.1, -0.05) is 16.6 Å². The largest absolute Gasteiger partial charge is 0.325 e. The first-order chi connectivity index (χ1) is 8.29. The van der Waals surface area contributed by atoms with E-state index in [1.165, 1.54) is 23.4 Å². The van der Waals surface area contributed by atoms with Crippen molar-refractivity contribution in [3.05, 3.63) is 22.0 Å². The zero-order valence-corrected chi connectivity index (χ0v) is 10.6. The van der Waals surface area contributed by atoms with Gasteiger partial charge in [0.2, 0.25) is 5.13 Å². The van der Waals surface area contributed by atoms with E-state index in [0.717, 1.165) is 29.4 Å². The summed E-state index contributed by atoms with van der Waals surface area (Å²) in [5.41, 5.74) is 8.70. The number of nitrogens with two attached hydrogens (primary N) is 1. The summed E-state index contributed by atoms with van der Waals surface area (Å²) < 4.78 is 1.81. The Hall–Kier alpha value is -1.27. The molecule has 2 heterocycles. The zero-order chi connectivity index (χ0) is 11.8. The maximum atomic E-state index is 5.61. The number of fused-ring (bicyclic) bond motifs is 1. The van der Waals surface area contributed by atoms with Gasteiger partial charge >= 0.3 is 0 Å². The first kappa shape index (κ1) is 10.9. The molecule has 0 amide bonds. The summed E-state index contributed by atoms with van der Waals surface area (Å²) in [6, 6.07) is 0. The molecule has 3 rings (SSSR count). The van der Waals surface area contributed by atoms with E-state index in [1.807, 2.05) is 11.6 Å². The highest BCUT2D eigenvalue weighted by atomic mass is 32.1. The predicted octanol–water partition coefficient (Wildman–Crippen LogP) is 1.37. The SMILES string of the molecule is Cc1c(CN)nnn1-c1nc2c(s1)CCCC2. The van der Waals surface area contributed by atoms with Crippen LogP contribution >= 0.6 is 11.3 Å². The number of rotatable bonds is 2. The molecule has 0 spiro atoms. The minimum atomic E-state index is 0.428. The van der Waals surface area contributed by atoms with E-state index in [2.05, 4.69) is 15.3 Å². The quantitative estimate of drug-likeness (QED) is 0.872. The molecular formula is C11H15N5S. The molecule has 0 bridgehead atoms. The zero-order valence-electron chi connectivity index (χ0n) is 9.81. The van der Waals surface area contributed by atoms with Gasteiger partial charge in [0, 0.05) is 11.4 Å². The molecule has 5 nitrogen and oxygen atoms in total. The minimum absolute atomic E-state index is 0.428. The molecule has 0 saturated heterocycles. The maximum absolute atomic E-state index is 5.61. The Labute approximate surface area is 104 Å². The van der Waals surface area contributed by atoms with Gasteiger partial charge in [-0.05, 0) is 32.6 Å². The minimum Gasteiger partial charge on any atom is -0.325 e. The summed E-state index contributed by atoms with van der Waals surface area (Å²) in [5, 5.41) is 9.14.